The van der Waals surface area contributed by atoms with Crippen LogP contribution in [0.2, 0.25) is 5.02 Å². The summed E-state index contributed by atoms with van der Waals surface area (Å²) in [5, 5.41) is 4.04. The highest BCUT2D eigenvalue weighted by atomic mass is 35.5. The van der Waals surface area contributed by atoms with Gasteiger partial charge in [-0.2, -0.15) is 27.1 Å². The molecule has 2 aromatic carbocycles. The van der Waals surface area contributed by atoms with Crippen molar-refractivity contribution in [2.24, 2.45) is 5.10 Å². The highest BCUT2D eigenvalue weighted by Gasteiger charge is 2.30. The molecular weight excluding hydrogens is 367 g/mol. The summed E-state index contributed by atoms with van der Waals surface area (Å²) >= 11 is 5.86. The van der Waals surface area contributed by atoms with Crippen LogP contribution in [0.25, 0.3) is 0 Å². The van der Waals surface area contributed by atoms with E-state index in [4.69, 9.17) is 11.6 Å². The van der Waals surface area contributed by atoms with Gasteiger partial charge in [0.15, 0.2) is 0 Å². The number of anilines is 1. The molecule has 134 valence electrons. The van der Waals surface area contributed by atoms with E-state index in [0.717, 1.165) is 18.2 Å². The Labute approximate surface area is 145 Å². The van der Waals surface area contributed by atoms with Gasteiger partial charge in [-0.3, -0.25) is 5.43 Å². The number of nitrogens with zero attached hydrogens (tertiary/aromatic N) is 1. The molecule has 25 heavy (non-hydrogen) atoms. The summed E-state index contributed by atoms with van der Waals surface area (Å²) in [4.78, 5) is 0. The van der Waals surface area contributed by atoms with Gasteiger partial charge in [-0.05, 0) is 55.0 Å². The van der Waals surface area contributed by atoms with Gasteiger partial charge in [0.2, 0.25) is 0 Å². The van der Waals surface area contributed by atoms with Crippen LogP contribution in [0.4, 0.5) is 27.6 Å². The molecule has 0 radical (unpaired) electrons. The molecule has 0 unspecified atom stereocenters. The van der Waals surface area contributed by atoms with Crippen molar-refractivity contribution >= 4 is 23.0 Å². The molecule has 0 bridgehead atoms. The monoisotopic (exact) mass is 378 g/mol. The zero-order valence-electron chi connectivity index (χ0n) is 12.7. The van der Waals surface area contributed by atoms with E-state index in [9.17, 15) is 22.0 Å². The Morgan fingerprint density at radius 1 is 1.12 bits per heavy atom. The highest BCUT2D eigenvalue weighted by Crippen LogP contribution is 2.33. The van der Waals surface area contributed by atoms with E-state index in [-0.39, 0.29) is 16.5 Å². The Morgan fingerprint density at radius 3 is 2.32 bits per heavy atom. The van der Waals surface area contributed by atoms with Crippen molar-refractivity contribution in [3.8, 4) is 5.75 Å². The smallest absolute Gasteiger partial charge is 0.416 e. The summed E-state index contributed by atoms with van der Waals surface area (Å²) < 4.78 is 66.6. The van der Waals surface area contributed by atoms with Crippen LogP contribution in [0.1, 0.15) is 18.1 Å². The van der Waals surface area contributed by atoms with E-state index in [1.54, 1.807) is 6.92 Å². The molecule has 1 N–H and O–H groups in total. The van der Waals surface area contributed by atoms with E-state index >= 15 is 0 Å². The number of ether oxygens (including phenoxy) is 1. The first-order valence-corrected chi connectivity index (χ1v) is 7.27. The fourth-order valence-electron chi connectivity index (χ4n) is 1.87. The van der Waals surface area contributed by atoms with Crippen molar-refractivity contribution in [3.05, 3.63) is 58.6 Å². The fourth-order valence-corrected chi connectivity index (χ4v) is 2.03. The molecule has 0 saturated carbocycles. The Hall–Kier alpha value is -2.35. The molecular formula is C16H12ClF5N2O. The van der Waals surface area contributed by atoms with Gasteiger partial charge < -0.3 is 4.74 Å². The van der Waals surface area contributed by atoms with Crippen molar-refractivity contribution in [3.63, 3.8) is 0 Å². The van der Waals surface area contributed by atoms with Gasteiger partial charge in [-0.25, -0.2) is 0 Å². The maximum atomic E-state index is 12.7. The maximum absolute atomic E-state index is 12.7. The number of alkyl halides is 5. The van der Waals surface area contributed by atoms with Gasteiger partial charge in [0.05, 0.1) is 22.0 Å². The summed E-state index contributed by atoms with van der Waals surface area (Å²) in [5.74, 6) is -0.0135. The van der Waals surface area contributed by atoms with Crippen LogP contribution in [0, 0.1) is 0 Å². The SMILES string of the molecule is CC(=NNc1cc(C(F)(F)F)ccc1Cl)c1ccc(OC(F)F)cc1. The quantitative estimate of drug-likeness (QED) is 0.405. The maximum Gasteiger partial charge on any atom is 0.416 e. The lowest BCUT2D eigenvalue weighted by molar-refractivity contribution is -0.137. The number of hydrogen-bond donors (Lipinski definition) is 1. The first-order chi connectivity index (χ1) is 11.7. The average molecular weight is 379 g/mol. The Balaban J connectivity index is 2.16. The lowest BCUT2D eigenvalue weighted by atomic mass is 10.1. The van der Waals surface area contributed by atoms with Gasteiger partial charge in [-0.1, -0.05) is 11.6 Å². The third-order valence-electron chi connectivity index (χ3n) is 3.14. The summed E-state index contributed by atoms with van der Waals surface area (Å²) in [6.07, 6.45) is -4.50. The fraction of sp³-hybridized carbons (Fsp3) is 0.188. The first-order valence-electron chi connectivity index (χ1n) is 6.89. The third-order valence-corrected chi connectivity index (χ3v) is 3.46. The van der Waals surface area contributed by atoms with Gasteiger partial charge in [0.1, 0.15) is 5.75 Å². The molecule has 9 heteroatoms. The molecule has 0 aliphatic rings. The Bertz CT molecular complexity index is 760. The summed E-state index contributed by atoms with van der Waals surface area (Å²) in [6.45, 7) is -1.33. The van der Waals surface area contributed by atoms with Crippen LogP contribution < -0.4 is 10.2 Å². The number of hydrogen-bond acceptors (Lipinski definition) is 3. The number of benzene rings is 2. The van der Waals surface area contributed by atoms with Crippen molar-refractivity contribution in [2.45, 2.75) is 19.7 Å². The number of hydrazone groups is 1. The van der Waals surface area contributed by atoms with Crippen molar-refractivity contribution in [1.82, 2.24) is 0 Å². The molecule has 0 aliphatic carbocycles. The predicted molar refractivity (Wildman–Crippen MR) is 85.4 cm³/mol. The topological polar surface area (TPSA) is 33.6 Å². The third kappa shape index (κ3) is 5.32. The van der Waals surface area contributed by atoms with Crippen LogP contribution in [0.3, 0.4) is 0 Å². The van der Waals surface area contributed by atoms with Gasteiger partial charge in [0.25, 0.3) is 0 Å². The molecule has 0 aliphatic heterocycles. The lowest BCUT2D eigenvalue weighted by Crippen LogP contribution is -2.06. The molecule has 2 rings (SSSR count). The predicted octanol–water partition coefficient (Wildman–Crippen LogP) is 5.80. The number of rotatable bonds is 5. The van der Waals surface area contributed by atoms with E-state index in [1.165, 1.54) is 24.3 Å². The van der Waals surface area contributed by atoms with Crippen LogP contribution in [0.15, 0.2) is 47.6 Å². The minimum absolute atomic E-state index is 0.00602. The van der Waals surface area contributed by atoms with Gasteiger partial charge in [0, 0.05) is 0 Å². The molecule has 0 fully saturated rings. The Kier molecular flexibility index (Phi) is 5.84. The van der Waals surface area contributed by atoms with Crippen LogP contribution in [-0.2, 0) is 6.18 Å². The first kappa shape index (κ1) is 19.0. The van der Waals surface area contributed by atoms with Gasteiger partial charge in [-0.15, -0.1) is 0 Å². The summed E-state index contributed by atoms with van der Waals surface area (Å²) in [7, 11) is 0. The Morgan fingerprint density at radius 2 is 1.76 bits per heavy atom. The largest absolute Gasteiger partial charge is 0.435 e. The molecule has 3 nitrogen and oxygen atoms in total. The van der Waals surface area contributed by atoms with E-state index in [2.05, 4.69) is 15.3 Å². The normalized spacial score (nSPS) is 12.4. The lowest BCUT2D eigenvalue weighted by Gasteiger charge is -2.11. The number of nitrogens with one attached hydrogen (secondary N) is 1. The second-order valence-electron chi connectivity index (χ2n) is 4.90. The van der Waals surface area contributed by atoms with Crippen LogP contribution in [-0.4, -0.2) is 12.3 Å². The standard InChI is InChI=1S/C16H12ClF5N2O/c1-9(10-2-5-12(6-3-10)25-15(18)19)23-24-14-8-11(16(20,21)22)4-7-13(14)17/h2-8,15,24H,1H3. The number of halogens is 6. The molecule has 0 heterocycles. The van der Waals surface area contributed by atoms with Crippen molar-refractivity contribution in [2.75, 3.05) is 5.43 Å². The molecule has 0 spiro atoms. The second-order valence-corrected chi connectivity index (χ2v) is 5.31. The molecule has 0 atom stereocenters. The minimum atomic E-state index is -4.50. The highest BCUT2D eigenvalue weighted by molar-refractivity contribution is 6.33. The summed E-state index contributed by atoms with van der Waals surface area (Å²) in [5.41, 5.74) is 2.59. The second kappa shape index (κ2) is 7.69. The molecule has 0 aromatic heterocycles. The van der Waals surface area contributed by atoms with E-state index in [0.29, 0.717) is 11.3 Å². The molecule has 0 amide bonds. The molecule has 0 saturated heterocycles. The van der Waals surface area contributed by atoms with E-state index in [1.807, 2.05) is 0 Å². The zero-order chi connectivity index (χ0) is 18.6. The average Bonchev–Trinajstić information content (AvgIpc) is 2.53. The minimum Gasteiger partial charge on any atom is -0.435 e. The zero-order valence-corrected chi connectivity index (χ0v) is 13.5. The van der Waals surface area contributed by atoms with E-state index < -0.39 is 18.4 Å². The van der Waals surface area contributed by atoms with Crippen LogP contribution >= 0.6 is 11.6 Å². The van der Waals surface area contributed by atoms with Gasteiger partial charge >= 0.3 is 12.8 Å². The molecule has 2 aromatic rings. The van der Waals surface area contributed by atoms with Crippen molar-refractivity contribution < 1.29 is 26.7 Å². The summed E-state index contributed by atoms with van der Waals surface area (Å²) in [6, 6.07) is 8.48. The van der Waals surface area contributed by atoms with Crippen molar-refractivity contribution in [1.29, 1.82) is 0 Å². The van der Waals surface area contributed by atoms with Crippen LogP contribution in [0.5, 0.6) is 5.75 Å².